The Kier molecular flexibility index (Phi) is 11.9. The fourth-order valence-corrected chi connectivity index (χ4v) is 5.19. The van der Waals surface area contributed by atoms with E-state index >= 15 is 0 Å². The number of hydrogen-bond acceptors (Lipinski definition) is 8. The van der Waals surface area contributed by atoms with Gasteiger partial charge in [0.25, 0.3) is 5.56 Å². The van der Waals surface area contributed by atoms with Crippen molar-refractivity contribution in [2.75, 3.05) is 6.61 Å². The Morgan fingerprint density at radius 1 is 0.932 bits per heavy atom. The average Bonchev–Trinajstić information content (AvgIpc) is 3.33. The van der Waals surface area contributed by atoms with Crippen molar-refractivity contribution in [3.63, 3.8) is 0 Å². The molecule has 1 aromatic carbocycles. The van der Waals surface area contributed by atoms with Crippen LogP contribution >= 0.6 is 8.60 Å². The smallest absolute Gasteiger partial charge is 0.335 e. The highest BCUT2D eigenvalue weighted by Crippen LogP contribution is 2.47. The minimum atomic E-state index is -1.75. The molecule has 3 heterocycles. The normalized spacial score (nSPS) is 12.4. The maximum atomic E-state index is 13.9. The Hall–Kier alpha value is -3.14. The van der Waals surface area contributed by atoms with Gasteiger partial charge in [-0.15, -0.1) is 0 Å². The van der Waals surface area contributed by atoms with Gasteiger partial charge in [-0.1, -0.05) is 26.0 Å². The first-order valence-electron chi connectivity index (χ1n) is 14.9. The zero-order valence-electron chi connectivity index (χ0n) is 27.6. The van der Waals surface area contributed by atoms with Crippen LogP contribution in [-0.2, 0) is 20.3 Å². The van der Waals surface area contributed by atoms with Crippen LogP contribution in [0.1, 0.15) is 75.7 Å². The second-order valence-electron chi connectivity index (χ2n) is 12.7. The number of rotatable bonds is 11. The van der Waals surface area contributed by atoms with Crippen LogP contribution in [0.3, 0.4) is 0 Å². The molecule has 0 radical (unpaired) electrons. The summed E-state index contributed by atoms with van der Waals surface area (Å²) in [5.74, 6) is 0.675. The van der Waals surface area contributed by atoms with Crippen molar-refractivity contribution in [1.82, 2.24) is 19.1 Å². The van der Waals surface area contributed by atoms with Crippen LogP contribution in [0, 0.1) is 0 Å². The first-order chi connectivity index (χ1) is 20.6. The lowest BCUT2D eigenvalue weighted by atomic mass is 10.1. The number of pyridine rings is 1. The van der Waals surface area contributed by atoms with Gasteiger partial charge in [0.05, 0.1) is 40.7 Å². The minimum Gasteiger partial charge on any atom is -0.493 e. The Morgan fingerprint density at radius 2 is 1.57 bits per heavy atom. The van der Waals surface area contributed by atoms with Gasteiger partial charge in [0.2, 0.25) is 0 Å². The molecule has 4 aromatic rings. The standard InChI is InChI=1S/C31H41N4O6P.C2H6/c1-29(2,3)40-42(41-30(4,5)6)39-21-34-20-33-27-26(28(34)36)25(19-35(27)23-10-9-16-32-18-23)22-11-13-24(14-12-22)38-17-15-31(7,8)37;1-2/h9-14,16,18-20,37H,15,17,21H2,1-8H3;1-2H3. The SMILES string of the molecule is CC.CC(C)(O)CCOc1ccc(-c2cn(-c3cccnc3)c3ncn(COP(OC(C)(C)C)OC(C)(C)C)c(=O)c23)cc1. The molecule has 0 aliphatic heterocycles. The number of benzene rings is 1. The summed E-state index contributed by atoms with van der Waals surface area (Å²) in [4.78, 5) is 22.9. The van der Waals surface area contributed by atoms with E-state index in [-0.39, 0.29) is 12.3 Å². The molecule has 240 valence electrons. The predicted octanol–water partition coefficient (Wildman–Crippen LogP) is 7.65. The second-order valence-corrected chi connectivity index (χ2v) is 13.7. The summed E-state index contributed by atoms with van der Waals surface area (Å²) < 4.78 is 27.1. The molecule has 44 heavy (non-hydrogen) atoms. The molecular formula is C33H47N4O6P. The topological polar surface area (TPSA) is 110 Å². The van der Waals surface area contributed by atoms with Crippen LogP contribution < -0.4 is 10.3 Å². The van der Waals surface area contributed by atoms with Gasteiger partial charge in [0.1, 0.15) is 18.8 Å². The zero-order chi connectivity index (χ0) is 32.7. The fourth-order valence-electron chi connectivity index (χ4n) is 3.93. The highest BCUT2D eigenvalue weighted by atomic mass is 31.2. The summed E-state index contributed by atoms with van der Waals surface area (Å²) in [5, 5.41) is 10.4. The van der Waals surface area contributed by atoms with Crippen molar-refractivity contribution in [3.05, 3.63) is 71.7 Å². The first kappa shape index (κ1) is 35.3. The van der Waals surface area contributed by atoms with E-state index in [2.05, 4.69) is 9.97 Å². The summed E-state index contributed by atoms with van der Waals surface area (Å²) in [5.41, 5.74) is 0.761. The van der Waals surface area contributed by atoms with Crippen molar-refractivity contribution in [2.24, 2.45) is 0 Å². The molecule has 0 saturated heterocycles. The molecule has 0 unspecified atom stereocenters. The van der Waals surface area contributed by atoms with E-state index in [1.54, 1.807) is 26.2 Å². The molecule has 0 aliphatic rings. The van der Waals surface area contributed by atoms with E-state index in [9.17, 15) is 9.90 Å². The van der Waals surface area contributed by atoms with E-state index in [1.807, 2.05) is 103 Å². The third-order valence-electron chi connectivity index (χ3n) is 5.84. The van der Waals surface area contributed by atoms with Crippen LogP contribution in [0.5, 0.6) is 5.75 Å². The predicted molar refractivity (Wildman–Crippen MR) is 176 cm³/mol. The monoisotopic (exact) mass is 626 g/mol. The number of aliphatic hydroxyl groups is 1. The lowest BCUT2D eigenvalue weighted by Gasteiger charge is -2.30. The second kappa shape index (κ2) is 14.8. The maximum absolute atomic E-state index is 13.9. The van der Waals surface area contributed by atoms with Crippen molar-refractivity contribution in [2.45, 2.75) is 99.2 Å². The lowest BCUT2D eigenvalue weighted by molar-refractivity contribution is 0.0231. The van der Waals surface area contributed by atoms with Crippen molar-refractivity contribution >= 4 is 19.6 Å². The summed E-state index contributed by atoms with van der Waals surface area (Å²) >= 11 is 0. The maximum Gasteiger partial charge on any atom is 0.335 e. The fraction of sp³-hybridized carbons (Fsp3) is 0.485. The Morgan fingerprint density at radius 3 is 2.11 bits per heavy atom. The molecule has 3 aromatic heterocycles. The molecular weight excluding hydrogens is 579 g/mol. The van der Waals surface area contributed by atoms with Gasteiger partial charge in [0.15, 0.2) is 5.65 Å². The van der Waals surface area contributed by atoms with Crippen molar-refractivity contribution < 1.29 is 23.4 Å². The van der Waals surface area contributed by atoms with Crippen LogP contribution in [0.2, 0.25) is 0 Å². The largest absolute Gasteiger partial charge is 0.493 e. The molecule has 0 saturated carbocycles. The van der Waals surface area contributed by atoms with E-state index in [0.717, 1.165) is 11.3 Å². The van der Waals surface area contributed by atoms with Crippen LogP contribution in [0.15, 0.2) is 66.1 Å². The molecule has 0 amide bonds. The van der Waals surface area contributed by atoms with Crippen molar-refractivity contribution in [1.29, 1.82) is 0 Å². The van der Waals surface area contributed by atoms with Crippen molar-refractivity contribution in [3.8, 4) is 22.6 Å². The summed E-state index contributed by atoms with van der Waals surface area (Å²) in [7, 11) is -1.75. The molecule has 1 N–H and O–H groups in total. The van der Waals surface area contributed by atoms with Gasteiger partial charge in [-0.2, -0.15) is 0 Å². The number of hydrogen-bond donors (Lipinski definition) is 1. The third kappa shape index (κ3) is 10.2. The Balaban J connectivity index is 0.00000259. The third-order valence-corrected chi connectivity index (χ3v) is 7.56. The summed E-state index contributed by atoms with van der Waals surface area (Å²) in [6.45, 7) is 19.3. The van der Waals surface area contributed by atoms with Gasteiger partial charge in [-0.3, -0.25) is 23.4 Å². The minimum absolute atomic E-state index is 0.0921. The first-order valence-corrected chi connectivity index (χ1v) is 16.0. The van der Waals surface area contributed by atoms with Crippen LogP contribution in [-0.4, -0.2) is 47.6 Å². The van der Waals surface area contributed by atoms with E-state index in [4.69, 9.17) is 18.3 Å². The molecule has 0 bridgehead atoms. The van der Waals surface area contributed by atoms with Gasteiger partial charge in [-0.05, 0) is 85.2 Å². The molecule has 0 spiro atoms. The van der Waals surface area contributed by atoms with E-state index in [0.29, 0.717) is 35.4 Å². The number of nitrogens with zero attached hydrogens (tertiary/aromatic N) is 4. The summed E-state index contributed by atoms with van der Waals surface area (Å²) in [6.07, 6.45) is 7.29. The molecule has 0 aliphatic carbocycles. The quantitative estimate of drug-likeness (QED) is 0.169. The average molecular weight is 627 g/mol. The van der Waals surface area contributed by atoms with Crippen LogP contribution in [0.25, 0.3) is 27.8 Å². The molecule has 4 rings (SSSR count). The molecule has 0 atom stereocenters. The number of ether oxygens (including phenoxy) is 1. The number of fused-ring (bicyclic) bond motifs is 1. The molecule has 0 fully saturated rings. The Bertz CT molecular complexity index is 1520. The van der Waals surface area contributed by atoms with Gasteiger partial charge >= 0.3 is 8.60 Å². The van der Waals surface area contributed by atoms with E-state index in [1.165, 1.54) is 10.9 Å². The van der Waals surface area contributed by atoms with Gasteiger partial charge < -0.3 is 18.9 Å². The molecule has 11 heteroatoms. The lowest BCUT2D eigenvalue weighted by Crippen LogP contribution is -2.25. The molecule has 10 nitrogen and oxygen atoms in total. The number of aromatic nitrogens is 4. The Labute approximate surface area is 262 Å². The summed E-state index contributed by atoms with van der Waals surface area (Å²) in [6, 6.07) is 11.3. The highest BCUT2D eigenvalue weighted by Gasteiger charge is 2.28. The zero-order valence-corrected chi connectivity index (χ0v) is 28.5. The van der Waals surface area contributed by atoms with E-state index < -0.39 is 25.4 Å². The van der Waals surface area contributed by atoms with Crippen LogP contribution in [0.4, 0.5) is 0 Å². The van der Waals surface area contributed by atoms with Gasteiger partial charge in [-0.25, -0.2) is 4.98 Å². The highest BCUT2D eigenvalue weighted by molar-refractivity contribution is 7.41. The van der Waals surface area contributed by atoms with Gasteiger partial charge in [0, 0.05) is 24.4 Å².